The van der Waals surface area contributed by atoms with E-state index in [1.165, 1.54) is 19.1 Å². The second-order valence-corrected chi connectivity index (χ2v) is 5.09. The molecule has 1 amide bonds. The van der Waals surface area contributed by atoms with E-state index in [1.54, 1.807) is 25.1 Å². The predicted octanol–water partition coefficient (Wildman–Crippen LogP) is 4.13. The summed E-state index contributed by atoms with van der Waals surface area (Å²) in [5.74, 6) is -0.653. The molecular weight excluding hydrogens is 281 g/mol. The Kier molecular flexibility index (Phi) is 5.07. The lowest BCUT2D eigenvalue weighted by Crippen LogP contribution is -2.32. The lowest BCUT2D eigenvalue weighted by atomic mass is 10.0. The SMILES string of the molecule is CC(=O)N(O)[C@@H](C)/C=C/c1ccc(-c2ccc(F)cc2)cc1. The van der Waals surface area contributed by atoms with Crippen molar-refractivity contribution < 1.29 is 14.4 Å². The topological polar surface area (TPSA) is 40.5 Å². The fourth-order valence-corrected chi connectivity index (χ4v) is 2.05. The lowest BCUT2D eigenvalue weighted by Gasteiger charge is -2.17. The first kappa shape index (κ1) is 15.9. The summed E-state index contributed by atoms with van der Waals surface area (Å²) in [5.41, 5.74) is 2.90. The minimum absolute atomic E-state index is 0.253. The van der Waals surface area contributed by atoms with Crippen molar-refractivity contribution in [3.63, 3.8) is 0 Å². The van der Waals surface area contributed by atoms with Crippen molar-refractivity contribution in [2.75, 3.05) is 0 Å². The van der Waals surface area contributed by atoms with Crippen molar-refractivity contribution in [1.82, 2.24) is 5.06 Å². The van der Waals surface area contributed by atoms with E-state index in [1.807, 2.05) is 30.3 Å². The van der Waals surface area contributed by atoms with Crippen molar-refractivity contribution in [2.45, 2.75) is 19.9 Å². The predicted molar refractivity (Wildman–Crippen MR) is 84.6 cm³/mol. The molecule has 2 aromatic rings. The molecule has 0 spiro atoms. The average molecular weight is 299 g/mol. The number of hydroxylamine groups is 2. The minimum Gasteiger partial charge on any atom is -0.285 e. The van der Waals surface area contributed by atoms with Crippen molar-refractivity contribution in [3.8, 4) is 11.1 Å². The van der Waals surface area contributed by atoms with Gasteiger partial charge in [0.2, 0.25) is 5.91 Å². The van der Waals surface area contributed by atoms with Crippen LogP contribution in [0.25, 0.3) is 17.2 Å². The number of amides is 1. The number of nitrogens with zero attached hydrogens (tertiary/aromatic N) is 1. The van der Waals surface area contributed by atoms with Gasteiger partial charge in [-0.15, -0.1) is 0 Å². The smallest absolute Gasteiger partial charge is 0.243 e. The molecule has 0 heterocycles. The first-order chi connectivity index (χ1) is 10.5. The molecule has 0 aliphatic heterocycles. The maximum atomic E-state index is 12.9. The first-order valence-corrected chi connectivity index (χ1v) is 7.00. The highest BCUT2D eigenvalue weighted by Crippen LogP contribution is 2.20. The monoisotopic (exact) mass is 299 g/mol. The second kappa shape index (κ2) is 7.00. The third kappa shape index (κ3) is 4.02. The fourth-order valence-electron chi connectivity index (χ4n) is 2.05. The molecule has 1 atom stereocenters. The van der Waals surface area contributed by atoms with Crippen LogP contribution in [-0.2, 0) is 4.79 Å². The lowest BCUT2D eigenvalue weighted by molar-refractivity contribution is -0.167. The summed E-state index contributed by atoms with van der Waals surface area (Å²) in [6, 6.07) is 13.7. The van der Waals surface area contributed by atoms with Gasteiger partial charge in [0.05, 0.1) is 6.04 Å². The van der Waals surface area contributed by atoms with Crippen molar-refractivity contribution in [3.05, 3.63) is 66.0 Å². The van der Waals surface area contributed by atoms with Crippen LogP contribution < -0.4 is 0 Å². The summed E-state index contributed by atoms with van der Waals surface area (Å²) in [5, 5.41) is 10.2. The van der Waals surface area contributed by atoms with Gasteiger partial charge in [-0.05, 0) is 35.7 Å². The van der Waals surface area contributed by atoms with Crippen molar-refractivity contribution >= 4 is 12.0 Å². The van der Waals surface area contributed by atoms with Gasteiger partial charge in [-0.2, -0.15) is 0 Å². The van der Waals surface area contributed by atoms with Crippen molar-refractivity contribution in [2.24, 2.45) is 0 Å². The quantitative estimate of drug-likeness (QED) is 0.681. The van der Waals surface area contributed by atoms with E-state index < -0.39 is 11.9 Å². The Bertz CT molecular complexity index is 662. The van der Waals surface area contributed by atoms with Crippen LogP contribution in [0, 0.1) is 5.82 Å². The van der Waals surface area contributed by atoms with Gasteiger partial charge in [0.15, 0.2) is 0 Å². The molecule has 0 saturated carbocycles. The third-order valence-electron chi connectivity index (χ3n) is 3.36. The molecule has 1 N–H and O–H groups in total. The number of benzene rings is 2. The van der Waals surface area contributed by atoms with Crippen LogP contribution in [0.3, 0.4) is 0 Å². The summed E-state index contributed by atoms with van der Waals surface area (Å²) in [6.07, 6.45) is 3.58. The molecule has 0 bridgehead atoms. The highest BCUT2D eigenvalue weighted by Gasteiger charge is 2.10. The second-order valence-electron chi connectivity index (χ2n) is 5.09. The Morgan fingerprint density at radius 1 is 1.09 bits per heavy atom. The maximum Gasteiger partial charge on any atom is 0.243 e. The molecule has 114 valence electrons. The van der Waals surface area contributed by atoms with E-state index in [4.69, 9.17) is 0 Å². The van der Waals surface area contributed by atoms with Crippen LogP contribution in [0.4, 0.5) is 4.39 Å². The Labute approximate surface area is 129 Å². The summed E-state index contributed by atoms with van der Waals surface area (Å²) < 4.78 is 12.9. The molecule has 0 unspecified atom stereocenters. The summed E-state index contributed by atoms with van der Waals surface area (Å²) in [6.45, 7) is 3.03. The normalized spacial score (nSPS) is 12.4. The van der Waals surface area contributed by atoms with Gasteiger partial charge >= 0.3 is 0 Å². The van der Waals surface area contributed by atoms with Crippen LogP contribution in [-0.4, -0.2) is 22.2 Å². The van der Waals surface area contributed by atoms with Gasteiger partial charge in [-0.1, -0.05) is 48.6 Å². The molecule has 2 rings (SSSR count). The standard InChI is InChI=1S/C18H18FNO2/c1-13(20(22)14(2)21)3-4-15-5-7-16(8-6-15)17-9-11-18(19)12-10-17/h3-13,22H,1-2H3/b4-3+/t13-/m0/s1. The van der Waals surface area contributed by atoms with E-state index in [2.05, 4.69) is 0 Å². The number of hydrogen-bond donors (Lipinski definition) is 1. The molecule has 3 nitrogen and oxygen atoms in total. The molecule has 2 aromatic carbocycles. The Morgan fingerprint density at radius 3 is 2.09 bits per heavy atom. The number of carbonyl (C=O) groups excluding carboxylic acids is 1. The highest BCUT2D eigenvalue weighted by molar-refractivity contribution is 5.72. The zero-order chi connectivity index (χ0) is 16.1. The molecule has 22 heavy (non-hydrogen) atoms. The van der Waals surface area contributed by atoms with Crippen LogP contribution >= 0.6 is 0 Å². The molecule has 0 radical (unpaired) electrons. The van der Waals surface area contributed by atoms with Gasteiger partial charge in [0, 0.05) is 6.92 Å². The molecular formula is C18H18FNO2. The number of halogens is 1. The fraction of sp³-hybridized carbons (Fsp3) is 0.167. The highest BCUT2D eigenvalue weighted by atomic mass is 19.1. The summed E-state index contributed by atoms with van der Waals surface area (Å²) in [4.78, 5) is 11.0. The summed E-state index contributed by atoms with van der Waals surface area (Å²) in [7, 11) is 0. The molecule has 0 aromatic heterocycles. The largest absolute Gasteiger partial charge is 0.285 e. The Balaban J connectivity index is 2.09. The van der Waals surface area contributed by atoms with Gasteiger partial charge in [-0.3, -0.25) is 10.0 Å². The number of carbonyl (C=O) groups is 1. The van der Waals surface area contributed by atoms with E-state index >= 15 is 0 Å². The van der Waals surface area contributed by atoms with E-state index in [0.29, 0.717) is 5.06 Å². The Morgan fingerprint density at radius 2 is 1.59 bits per heavy atom. The molecule has 0 aliphatic rings. The van der Waals surface area contributed by atoms with E-state index in [9.17, 15) is 14.4 Å². The zero-order valence-corrected chi connectivity index (χ0v) is 12.5. The van der Waals surface area contributed by atoms with E-state index in [-0.39, 0.29) is 5.82 Å². The van der Waals surface area contributed by atoms with Crippen LogP contribution in [0.2, 0.25) is 0 Å². The van der Waals surface area contributed by atoms with E-state index in [0.717, 1.165) is 16.7 Å². The average Bonchev–Trinajstić information content (AvgIpc) is 2.53. The number of rotatable bonds is 4. The molecule has 0 saturated heterocycles. The molecule has 0 aliphatic carbocycles. The molecule has 4 heteroatoms. The van der Waals surface area contributed by atoms with Crippen molar-refractivity contribution in [1.29, 1.82) is 0 Å². The van der Waals surface area contributed by atoms with Crippen LogP contribution in [0.5, 0.6) is 0 Å². The first-order valence-electron chi connectivity index (χ1n) is 7.00. The van der Waals surface area contributed by atoms with Crippen LogP contribution in [0.15, 0.2) is 54.6 Å². The number of hydrogen-bond acceptors (Lipinski definition) is 2. The van der Waals surface area contributed by atoms with Crippen LogP contribution in [0.1, 0.15) is 19.4 Å². The van der Waals surface area contributed by atoms with Gasteiger partial charge in [0.25, 0.3) is 0 Å². The van der Waals surface area contributed by atoms with Gasteiger partial charge in [0.1, 0.15) is 5.82 Å². The summed E-state index contributed by atoms with van der Waals surface area (Å²) >= 11 is 0. The molecule has 0 fully saturated rings. The third-order valence-corrected chi connectivity index (χ3v) is 3.36. The Hall–Kier alpha value is -2.46. The zero-order valence-electron chi connectivity index (χ0n) is 12.5. The van der Waals surface area contributed by atoms with Gasteiger partial charge < -0.3 is 0 Å². The maximum absolute atomic E-state index is 12.9. The minimum atomic E-state index is -0.399. The van der Waals surface area contributed by atoms with Gasteiger partial charge in [-0.25, -0.2) is 9.45 Å².